The fraction of sp³-hybridized carbons (Fsp3) is 0.429. The molecule has 1 N–H and O–H groups in total. The lowest BCUT2D eigenvalue weighted by molar-refractivity contribution is 0.0499. The van der Waals surface area contributed by atoms with Gasteiger partial charge in [-0.3, -0.25) is 9.13 Å². The molecule has 3 aromatic rings. The highest BCUT2D eigenvalue weighted by Gasteiger charge is 2.29. The third-order valence-electron chi connectivity index (χ3n) is 6.23. The molecule has 0 spiro atoms. The third kappa shape index (κ3) is 6.02. The summed E-state index contributed by atoms with van der Waals surface area (Å²) in [6, 6.07) is 8.90. The molecule has 11 heteroatoms. The Morgan fingerprint density at radius 2 is 2.05 bits per heavy atom. The maximum atomic E-state index is 13.8. The zero-order valence-electron chi connectivity index (χ0n) is 22.5. The quantitative estimate of drug-likeness (QED) is 0.398. The van der Waals surface area contributed by atoms with Crippen LogP contribution >= 0.6 is 0 Å². The van der Waals surface area contributed by atoms with Crippen LogP contribution in [0.2, 0.25) is 0 Å². The van der Waals surface area contributed by atoms with Crippen LogP contribution in [-0.4, -0.2) is 49.9 Å². The molecule has 1 atom stereocenters. The minimum absolute atomic E-state index is 0.0226. The van der Waals surface area contributed by atoms with Gasteiger partial charge in [-0.05, 0) is 46.6 Å². The molecule has 1 amide bonds. The highest BCUT2D eigenvalue weighted by molar-refractivity contribution is 5.76. The summed E-state index contributed by atoms with van der Waals surface area (Å²) in [7, 11) is 0. The zero-order valence-corrected chi connectivity index (χ0v) is 22.5. The molecule has 0 radical (unpaired) electrons. The summed E-state index contributed by atoms with van der Waals surface area (Å²) < 4.78 is 8.41. The summed E-state index contributed by atoms with van der Waals surface area (Å²) in [4.78, 5) is 40.8. The van der Waals surface area contributed by atoms with Gasteiger partial charge in [0.05, 0.1) is 24.7 Å². The molecule has 1 aromatic carbocycles. The second-order valence-corrected chi connectivity index (χ2v) is 10.2. The summed E-state index contributed by atoms with van der Waals surface area (Å²) >= 11 is 0. The number of benzene rings is 1. The molecular weight excluding hydrogens is 496 g/mol. The number of nitriles is 1. The van der Waals surface area contributed by atoms with Crippen LogP contribution in [0.4, 0.5) is 16.7 Å². The van der Waals surface area contributed by atoms with E-state index in [2.05, 4.69) is 38.0 Å². The monoisotopic (exact) mass is 526 g/mol. The second kappa shape index (κ2) is 11.3. The van der Waals surface area contributed by atoms with Crippen LogP contribution in [0.5, 0.6) is 0 Å². The minimum atomic E-state index is -0.606. The number of amides is 1. The van der Waals surface area contributed by atoms with Gasteiger partial charge in [0.15, 0.2) is 5.52 Å². The number of imidazole rings is 1. The standard InChI is InChI=1S/C28H30N8O3/c1-6-7-15-35-22-23(32-25(30-5)36(24(22)37)17-20-12-9-8-11-19(20)16-29)33-26(35)34-14-10-13-21(18-34)31-27(38)39-28(2,3)4/h8-9,11-12,21H,10,13-15,17-18H2,1-4H3,(H,31,38). The van der Waals surface area contributed by atoms with Crippen LogP contribution in [0.25, 0.3) is 16.0 Å². The van der Waals surface area contributed by atoms with Crippen molar-refractivity contribution < 1.29 is 9.53 Å². The summed E-state index contributed by atoms with van der Waals surface area (Å²) in [5.41, 5.74) is 0.382. The predicted octanol–water partition coefficient (Wildman–Crippen LogP) is 3.58. The maximum absolute atomic E-state index is 13.8. The molecule has 39 heavy (non-hydrogen) atoms. The number of carbonyl (C=O) groups excluding carboxylic acids is 1. The molecule has 1 aliphatic rings. The number of hydrogen-bond acceptors (Lipinski definition) is 7. The van der Waals surface area contributed by atoms with Crippen molar-refractivity contribution in [3.05, 3.63) is 57.2 Å². The summed E-state index contributed by atoms with van der Waals surface area (Å²) in [5, 5.41) is 12.4. The number of piperidine rings is 1. The van der Waals surface area contributed by atoms with Crippen LogP contribution in [0.1, 0.15) is 51.7 Å². The van der Waals surface area contributed by atoms with Crippen molar-refractivity contribution in [2.45, 2.75) is 65.3 Å². The van der Waals surface area contributed by atoms with Gasteiger partial charge in [0.25, 0.3) is 0 Å². The Morgan fingerprint density at radius 1 is 1.28 bits per heavy atom. The van der Waals surface area contributed by atoms with Crippen molar-refractivity contribution in [1.29, 1.82) is 5.26 Å². The van der Waals surface area contributed by atoms with E-state index in [1.54, 1.807) is 35.8 Å². The molecule has 1 fully saturated rings. The van der Waals surface area contributed by atoms with E-state index < -0.39 is 17.3 Å². The number of rotatable bonds is 5. The summed E-state index contributed by atoms with van der Waals surface area (Å²) in [6.07, 6.45) is 1.08. The van der Waals surface area contributed by atoms with Crippen molar-refractivity contribution >= 4 is 29.2 Å². The lowest BCUT2D eigenvalue weighted by atomic mass is 10.1. The summed E-state index contributed by atoms with van der Waals surface area (Å²) in [6.45, 7) is 16.2. The van der Waals surface area contributed by atoms with E-state index in [1.807, 2.05) is 25.7 Å². The van der Waals surface area contributed by atoms with Crippen molar-refractivity contribution in [2.24, 2.45) is 0 Å². The molecule has 2 aromatic heterocycles. The number of nitrogens with zero attached hydrogens (tertiary/aromatic N) is 7. The van der Waals surface area contributed by atoms with E-state index in [4.69, 9.17) is 11.3 Å². The molecule has 0 aliphatic carbocycles. The maximum Gasteiger partial charge on any atom is 0.407 e. The number of ether oxygens (including phenoxy) is 1. The summed E-state index contributed by atoms with van der Waals surface area (Å²) in [5.74, 6) is 6.27. The van der Waals surface area contributed by atoms with Crippen LogP contribution in [0, 0.1) is 29.7 Å². The molecular formula is C28H30N8O3. The number of hydrogen-bond donors (Lipinski definition) is 1. The Balaban J connectivity index is 1.75. The van der Waals surface area contributed by atoms with E-state index in [-0.39, 0.29) is 36.2 Å². The van der Waals surface area contributed by atoms with E-state index in [1.165, 1.54) is 4.57 Å². The minimum Gasteiger partial charge on any atom is -0.444 e. The Kier molecular flexibility index (Phi) is 7.88. The topological polar surface area (TPSA) is 122 Å². The number of nitrogens with one attached hydrogen (secondary N) is 1. The van der Waals surface area contributed by atoms with Crippen molar-refractivity contribution in [3.8, 4) is 17.9 Å². The van der Waals surface area contributed by atoms with Gasteiger partial charge in [0.2, 0.25) is 11.6 Å². The molecule has 0 bridgehead atoms. The van der Waals surface area contributed by atoms with Crippen LogP contribution in [0.15, 0.2) is 29.1 Å². The van der Waals surface area contributed by atoms with E-state index in [0.29, 0.717) is 30.2 Å². The Morgan fingerprint density at radius 3 is 2.74 bits per heavy atom. The van der Waals surface area contributed by atoms with Gasteiger partial charge in [0.1, 0.15) is 5.60 Å². The lowest BCUT2D eigenvalue weighted by Gasteiger charge is -2.34. The number of alkyl carbamates (subject to hydrolysis) is 1. The fourth-order valence-corrected chi connectivity index (χ4v) is 4.56. The average Bonchev–Trinajstić information content (AvgIpc) is 3.26. The Bertz CT molecular complexity index is 1600. The molecule has 0 saturated carbocycles. The highest BCUT2D eigenvalue weighted by Crippen LogP contribution is 2.25. The zero-order chi connectivity index (χ0) is 28.2. The van der Waals surface area contributed by atoms with Crippen molar-refractivity contribution in [1.82, 2.24) is 24.4 Å². The lowest BCUT2D eigenvalue weighted by Crippen LogP contribution is -2.49. The molecule has 3 heterocycles. The third-order valence-corrected chi connectivity index (χ3v) is 6.23. The van der Waals surface area contributed by atoms with E-state index in [9.17, 15) is 14.9 Å². The van der Waals surface area contributed by atoms with Gasteiger partial charge in [-0.2, -0.15) is 10.2 Å². The smallest absolute Gasteiger partial charge is 0.407 e. The fourth-order valence-electron chi connectivity index (χ4n) is 4.56. The number of aromatic nitrogens is 4. The highest BCUT2D eigenvalue weighted by atomic mass is 16.6. The van der Waals surface area contributed by atoms with Gasteiger partial charge in [-0.1, -0.05) is 24.1 Å². The van der Waals surface area contributed by atoms with Gasteiger partial charge in [0, 0.05) is 24.7 Å². The van der Waals surface area contributed by atoms with Gasteiger partial charge in [-0.25, -0.2) is 9.59 Å². The Hall–Kier alpha value is -4.82. The van der Waals surface area contributed by atoms with Gasteiger partial charge in [-0.15, -0.1) is 17.5 Å². The predicted molar refractivity (Wildman–Crippen MR) is 146 cm³/mol. The molecule has 1 unspecified atom stereocenters. The average molecular weight is 527 g/mol. The van der Waals surface area contributed by atoms with Crippen molar-refractivity contribution in [3.63, 3.8) is 0 Å². The van der Waals surface area contributed by atoms with Crippen LogP contribution in [-0.2, 0) is 17.8 Å². The molecule has 1 saturated heterocycles. The molecule has 200 valence electrons. The van der Waals surface area contributed by atoms with Crippen LogP contribution < -0.4 is 15.8 Å². The first-order valence-corrected chi connectivity index (χ1v) is 12.7. The molecule has 1 aliphatic heterocycles. The molecule has 11 nitrogen and oxygen atoms in total. The first-order valence-electron chi connectivity index (χ1n) is 12.7. The first-order chi connectivity index (χ1) is 18.6. The number of anilines is 1. The largest absolute Gasteiger partial charge is 0.444 e. The number of carbonyl (C=O) groups is 1. The van der Waals surface area contributed by atoms with E-state index in [0.717, 1.165) is 12.8 Å². The molecule has 4 rings (SSSR count). The van der Waals surface area contributed by atoms with Crippen molar-refractivity contribution in [2.75, 3.05) is 18.0 Å². The van der Waals surface area contributed by atoms with E-state index >= 15 is 0 Å². The normalized spacial score (nSPS) is 15.1. The van der Waals surface area contributed by atoms with Crippen LogP contribution in [0.3, 0.4) is 0 Å². The Labute approximate surface area is 226 Å². The first kappa shape index (κ1) is 27.2. The second-order valence-electron chi connectivity index (χ2n) is 10.2. The van der Waals surface area contributed by atoms with Gasteiger partial charge >= 0.3 is 17.6 Å². The number of fused-ring (bicyclic) bond motifs is 1. The SMILES string of the molecule is [C-]#[N+]c1nc2nc(N3CCCC(NC(=O)OC(C)(C)C)C3)n(CC#CC)c2c(=O)n1Cc1ccccc1C#N. The van der Waals surface area contributed by atoms with Gasteiger partial charge < -0.3 is 19.8 Å².